The Balaban J connectivity index is 1.88. The van der Waals surface area contributed by atoms with E-state index >= 15 is 0 Å². The summed E-state index contributed by atoms with van der Waals surface area (Å²) in [6.45, 7) is 2.12. The minimum absolute atomic E-state index is 0.433. The lowest BCUT2D eigenvalue weighted by Gasteiger charge is -2.10. The van der Waals surface area contributed by atoms with Crippen molar-refractivity contribution in [1.82, 2.24) is 4.72 Å². The number of carbonyl (C=O) groups is 2. The molecule has 1 amide bonds. The zero-order valence-electron chi connectivity index (χ0n) is 15.4. The fourth-order valence-corrected chi connectivity index (χ4v) is 3.20. The van der Waals surface area contributed by atoms with Gasteiger partial charge in [0.2, 0.25) is 10.0 Å². The Kier molecular flexibility index (Phi) is 6.98. The van der Waals surface area contributed by atoms with E-state index < -0.39 is 57.4 Å². The van der Waals surface area contributed by atoms with Crippen molar-refractivity contribution in [3.05, 3.63) is 58.9 Å². The number of aryl methyl sites for hydroxylation is 2. The van der Waals surface area contributed by atoms with E-state index in [9.17, 15) is 31.2 Å². The maximum atomic E-state index is 13.6. The van der Waals surface area contributed by atoms with E-state index in [0.29, 0.717) is 17.8 Å². The summed E-state index contributed by atoms with van der Waals surface area (Å²) in [4.78, 5) is 22.3. The second kappa shape index (κ2) is 9.05. The molecule has 11 heteroatoms. The number of esters is 1. The van der Waals surface area contributed by atoms with Crippen LogP contribution in [0.15, 0.2) is 35.2 Å². The van der Waals surface area contributed by atoms with Gasteiger partial charge in [-0.05, 0) is 49.2 Å². The smallest absolute Gasteiger partial charge is 0.321 e. The zero-order valence-corrected chi connectivity index (χ0v) is 16.2. The summed E-state index contributed by atoms with van der Waals surface area (Å²) in [5.74, 6) is -7.23. The molecule has 29 heavy (non-hydrogen) atoms. The van der Waals surface area contributed by atoms with Gasteiger partial charge in [-0.15, -0.1) is 0 Å². The van der Waals surface area contributed by atoms with Gasteiger partial charge in [-0.3, -0.25) is 9.59 Å². The molecule has 0 aliphatic rings. The lowest BCUT2D eigenvalue weighted by atomic mass is 10.1. The van der Waals surface area contributed by atoms with Crippen LogP contribution in [0.2, 0.25) is 0 Å². The van der Waals surface area contributed by atoms with Crippen LogP contribution in [-0.4, -0.2) is 33.4 Å². The van der Waals surface area contributed by atoms with E-state index in [1.807, 2.05) is 13.8 Å². The van der Waals surface area contributed by atoms with Crippen molar-refractivity contribution in [2.75, 3.05) is 18.5 Å². The minimum Gasteiger partial charge on any atom is -0.455 e. The predicted molar refractivity (Wildman–Crippen MR) is 97.0 cm³/mol. The van der Waals surface area contributed by atoms with Gasteiger partial charge >= 0.3 is 5.97 Å². The standard InChI is InChI=1S/C18H17F3N2O5S/c1-10-3-4-12(7-11(10)2)23-15(24)9-28-16(25)8-22-29(26,27)14-6-5-13(19)17(20)18(14)21/h3-7,22H,8-9H2,1-2H3,(H,23,24). The Morgan fingerprint density at radius 2 is 1.69 bits per heavy atom. The highest BCUT2D eigenvalue weighted by molar-refractivity contribution is 7.89. The summed E-state index contributed by atoms with van der Waals surface area (Å²) in [6, 6.07) is 6.12. The maximum Gasteiger partial charge on any atom is 0.321 e. The highest BCUT2D eigenvalue weighted by Gasteiger charge is 2.24. The highest BCUT2D eigenvalue weighted by Crippen LogP contribution is 2.19. The molecule has 0 aliphatic carbocycles. The first-order chi connectivity index (χ1) is 13.5. The fraction of sp³-hybridized carbons (Fsp3) is 0.222. The van der Waals surface area contributed by atoms with Crippen LogP contribution in [0.1, 0.15) is 11.1 Å². The van der Waals surface area contributed by atoms with Crippen LogP contribution >= 0.6 is 0 Å². The summed E-state index contributed by atoms with van der Waals surface area (Å²) in [5.41, 5.74) is 2.46. The molecule has 0 saturated heterocycles. The number of carbonyl (C=O) groups excluding carboxylic acids is 2. The summed E-state index contributed by atoms with van der Waals surface area (Å²) in [6.07, 6.45) is 0. The molecule has 2 N–H and O–H groups in total. The molecular weight excluding hydrogens is 413 g/mol. The van der Waals surface area contributed by atoms with Crippen LogP contribution in [0, 0.1) is 31.3 Å². The van der Waals surface area contributed by atoms with E-state index in [1.165, 1.54) is 0 Å². The molecule has 0 unspecified atom stereocenters. The first-order valence-electron chi connectivity index (χ1n) is 8.17. The van der Waals surface area contributed by atoms with Crippen LogP contribution in [0.25, 0.3) is 0 Å². The third-order valence-corrected chi connectivity index (χ3v) is 5.27. The highest BCUT2D eigenvalue weighted by atomic mass is 32.2. The molecule has 2 rings (SSSR count). The monoisotopic (exact) mass is 430 g/mol. The molecule has 0 heterocycles. The molecule has 0 aromatic heterocycles. The Morgan fingerprint density at radius 3 is 2.34 bits per heavy atom. The van der Waals surface area contributed by atoms with Crippen LogP contribution in [0.5, 0.6) is 0 Å². The van der Waals surface area contributed by atoms with Gasteiger partial charge in [-0.2, -0.15) is 4.72 Å². The summed E-state index contributed by atoms with van der Waals surface area (Å²) in [7, 11) is -4.65. The number of hydrogen-bond acceptors (Lipinski definition) is 5. The molecule has 0 bridgehead atoms. The minimum atomic E-state index is -4.65. The van der Waals surface area contributed by atoms with Crippen molar-refractivity contribution >= 4 is 27.6 Å². The molecule has 0 fully saturated rings. The molecular formula is C18H17F3N2O5S. The normalized spacial score (nSPS) is 11.2. The van der Waals surface area contributed by atoms with Crippen molar-refractivity contribution in [3.63, 3.8) is 0 Å². The Labute approximate surface area is 164 Å². The van der Waals surface area contributed by atoms with Crippen LogP contribution < -0.4 is 10.0 Å². The molecule has 0 saturated carbocycles. The fourth-order valence-electron chi connectivity index (χ4n) is 2.16. The van der Waals surface area contributed by atoms with E-state index in [0.717, 1.165) is 11.1 Å². The number of nitrogens with one attached hydrogen (secondary N) is 2. The third-order valence-electron chi connectivity index (χ3n) is 3.85. The van der Waals surface area contributed by atoms with Gasteiger partial charge < -0.3 is 10.1 Å². The van der Waals surface area contributed by atoms with Crippen LogP contribution in [0.4, 0.5) is 18.9 Å². The third kappa shape index (κ3) is 5.78. The lowest BCUT2D eigenvalue weighted by molar-refractivity contribution is -0.146. The number of sulfonamides is 1. The largest absolute Gasteiger partial charge is 0.455 e. The Morgan fingerprint density at radius 1 is 1.00 bits per heavy atom. The summed E-state index contributed by atoms with van der Waals surface area (Å²) >= 11 is 0. The van der Waals surface area contributed by atoms with Crippen LogP contribution in [-0.2, 0) is 24.3 Å². The molecule has 156 valence electrons. The first kappa shape index (κ1) is 22.4. The van der Waals surface area contributed by atoms with Gasteiger partial charge in [-0.1, -0.05) is 6.07 Å². The second-order valence-electron chi connectivity index (χ2n) is 6.01. The molecule has 0 spiro atoms. The predicted octanol–water partition coefficient (Wildman–Crippen LogP) is 2.18. The van der Waals surface area contributed by atoms with Gasteiger partial charge in [0.25, 0.3) is 5.91 Å². The number of ether oxygens (including phenoxy) is 1. The summed E-state index contributed by atoms with van der Waals surface area (Å²) < 4.78 is 69.8. The molecule has 2 aromatic rings. The zero-order chi connectivity index (χ0) is 21.8. The van der Waals surface area contributed by atoms with Crippen molar-refractivity contribution < 1.29 is 35.9 Å². The molecule has 2 aromatic carbocycles. The number of amides is 1. The van der Waals surface area contributed by atoms with E-state index in [-0.39, 0.29) is 0 Å². The number of hydrogen-bond donors (Lipinski definition) is 2. The van der Waals surface area contributed by atoms with Gasteiger partial charge in [0.15, 0.2) is 24.1 Å². The number of anilines is 1. The SMILES string of the molecule is Cc1ccc(NC(=O)COC(=O)CNS(=O)(=O)c2ccc(F)c(F)c2F)cc1C. The lowest BCUT2D eigenvalue weighted by Crippen LogP contribution is -2.33. The number of benzene rings is 2. The summed E-state index contributed by atoms with van der Waals surface area (Å²) in [5, 5.41) is 2.50. The number of halogens is 3. The van der Waals surface area contributed by atoms with Crippen molar-refractivity contribution in [2.24, 2.45) is 0 Å². The van der Waals surface area contributed by atoms with Crippen molar-refractivity contribution in [3.8, 4) is 0 Å². The average molecular weight is 430 g/mol. The van der Waals surface area contributed by atoms with Crippen molar-refractivity contribution in [2.45, 2.75) is 18.7 Å². The van der Waals surface area contributed by atoms with E-state index in [4.69, 9.17) is 0 Å². The van der Waals surface area contributed by atoms with Gasteiger partial charge in [0.05, 0.1) is 0 Å². The van der Waals surface area contributed by atoms with E-state index in [2.05, 4.69) is 10.1 Å². The molecule has 0 radical (unpaired) electrons. The second-order valence-corrected chi connectivity index (χ2v) is 7.74. The first-order valence-corrected chi connectivity index (χ1v) is 9.65. The maximum absolute atomic E-state index is 13.6. The van der Waals surface area contributed by atoms with Crippen LogP contribution in [0.3, 0.4) is 0 Å². The topological polar surface area (TPSA) is 102 Å². The number of rotatable bonds is 7. The van der Waals surface area contributed by atoms with E-state index in [1.54, 1.807) is 22.9 Å². The molecule has 7 nitrogen and oxygen atoms in total. The Bertz CT molecular complexity index is 1060. The van der Waals surface area contributed by atoms with Gasteiger partial charge in [-0.25, -0.2) is 21.6 Å². The van der Waals surface area contributed by atoms with Gasteiger partial charge in [0.1, 0.15) is 11.4 Å². The molecule has 0 atom stereocenters. The molecule has 0 aliphatic heterocycles. The quantitative estimate of drug-likeness (QED) is 0.518. The average Bonchev–Trinajstić information content (AvgIpc) is 2.65. The Hall–Kier alpha value is -2.92. The van der Waals surface area contributed by atoms with Crippen molar-refractivity contribution in [1.29, 1.82) is 0 Å². The van der Waals surface area contributed by atoms with Gasteiger partial charge in [0, 0.05) is 5.69 Å².